The van der Waals surface area contributed by atoms with E-state index in [-0.39, 0.29) is 11.7 Å². The second-order valence-electron chi connectivity index (χ2n) is 6.18. The smallest absolute Gasteiger partial charge is 0.0940 e. The van der Waals surface area contributed by atoms with Gasteiger partial charge in [0.05, 0.1) is 11.7 Å². The van der Waals surface area contributed by atoms with E-state index in [1.165, 1.54) is 5.69 Å². The van der Waals surface area contributed by atoms with E-state index < -0.39 is 0 Å². The van der Waals surface area contributed by atoms with Crippen molar-refractivity contribution in [3.63, 3.8) is 0 Å². The van der Waals surface area contributed by atoms with Crippen molar-refractivity contribution in [2.24, 2.45) is 13.0 Å². The summed E-state index contributed by atoms with van der Waals surface area (Å²) in [5, 5.41) is 14.9. The summed E-state index contributed by atoms with van der Waals surface area (Å²) < 4.78 is 7.89. The van der Waals surface area contributed by atoms with Crippen molar-refractivity contribution in [2.45, 2.75) is 64.1 Å². The molecule has 0 bridgehead atoms. The zero-order valence-electron chi connectivity index (χ0n) is 13.0. The molecule has 114 valence electrons. The van der Waals surface area contributed by atoms with Gasteiger partial charge in [0.25, 0.3) is 0 Å². The Morgan fingerprint density at radius 3 is 2.75 bits per heavy atom. The van der Waals surface area contributed by atoms with Crippen LogP contribution in [-0.4, -0.2) is 33.2 Å². The third kappa shape index (κ3) is 3.41. The third-order valence-electron chi connectivity index (χ3n) is 4.76. The van der Waals surface area contributed by atoms with Crippen molar-refractivity contribution in [3.05, 3.63) is 18.0 Å². The van der Waals surface area contributed by atoms with E-state index in [0.29, 0.717) is 6.61 Å². The van der Waals surface area contributed by atoms with Crippen LogP contribution in [0.5, 0.6) is 0 Å². The first kappa shape index (κ1) is 15.5. The molecule has 0 aliphatic heterocycles. The molecular weight excluding hydrogens is 252 g/mol. The summed E-state index contributed by atoms with van der Waals surface area (Å²) in [6.07, 6.45) is 7.29. The van der Waals surface area contributed by atoms with Gasteiger partial charge in [0.1, 0.15) is 0 Å². The summed E-state index contributed by atoms with van der Waals surface area (Å²) in [7, 11) is 1.95. The second-order valence-corrected chi connectivity index (χ2v) is 6.18. The predicted octanol–water partition coefficient (Wildman–Crippen LogP) is 2.70. The maximum Gasteiger partial charge on any atom is 0.0940 e. The first-order chi connectivity index (χ1) is 9.57. The average molecular weight is 280 g/mol. The van der Waals surface area contributed by atoms with Gasteiger partial charge in [0, 0.05) is 25.5 Å². The van der Waals surface area contributed by atoms with Crippen LogP contribution in [0.1, 0.15) is 51.6 Å². The summed E-state index contributed by atoms with van der Waals surface area (Å²) >= 11 is 0. The molecule has 1 atom stereocenters. The molecule has 4 heteroatoms. The van der Waals surface area contributed by atoms with Gasteiger partial charge >= 0.3 is 0 Å². The summed E-state index contributed by atoms with van der Waals surface area (Å²) in [6.45, 7) is 4.99. The molecule has 20 heavy (non-hydrogen) atoms. The number of ether oxygens (including phenoxy) is 1. The Labute approximate surface area is 122 Å². The molecule has 1 saturated carbocycles. The Morgan fingerprint density at radius 2 is 2.20 bits per heavy atom. The molecule has 0 amide bonds. The molecule has 1 heterocycles. The number of aliphatic hydroxyl groups is 1. The number of nitrogens with zero attached hydrogens (tertiary/aromatic N) is 2. The molecule has 1 fully saturated rings. The van der Waals surface area contributed by atoms with Crippen LogP contribution in [0.25, 0.3) is 0 Å². The highest BCUT2D eigenvalue weighted by Gasteiger charge is 2.41. The first-order valence-electron chi connectivity index (χ1n) is 7.86. The minimum Gasteiger partial charge on any atom is -0.390 e. The van der Waals surface area contributed by atoms with Crippen LogP contribution < -0.4 is 0 Å². The lowest BCUT2D eigenvalue weighted by Gasteiger charge is -2.42. The van der Waals surface area contributed by atoms with Gasteiger partial charge in [-0.1, -0.05) is 6.92 Å². The molecular formula is C16H28N2O2. The minimum atomic E-state index is -0.384. The van der Waals surface area contributed by atoms with Crippen molar-refractivity contribution in [3.8, 4) is 0 Å². The zero-order chi connectivity index (χ0) is 14.6. The monoisotopic (exact) mass is 280 g/mol. The molecule has 0 radical (unpaired) electrons. The van der Waals surface area contributed by atoms with Crippen molar-refractivity contribution in [2.75, 3.05) is 6.61 Å². The Kier molecular flexibility index (Phi) is 5.22. The highest BCUT2D eigenvalue weighted by Crippen LogP contribution is 2.38. The fourth-order valence-corrected chi connectivity index (χ4v) is 3.31. The minimum absolute atomic E-state index is 0.320. The number of rotatable bonds is 6. The molecule has 4 nitrogen and oxygen atoms in total. The van der Waals surface area contributed by atoms with E-state index in [9.17, 15) is 5.11 Å². The molecule has 1 aliphatic rings. The Balaban J connectivity index is 1.96. The summed E-state index contributed by atoms with van der Waals surface area (Å²) in [5.74, 6) is 0.757. The van der Waals surface area contributed by atoms with Crippen molar-refractivity contribution in [1.29, 1.82) is 0 Å². The maximum atomic E-state index is 10.7. The molecule has 2 rings (SSSR count). The molecule has 1 aliphatic carbocycles. The van der Waals surface area contributed by atoms with Gasteiger partial charge in [-0.25, -0.2) is 0 Å². The first-order valence-corrected chi connectivity index (χ1v) is 7.86. The molecule has 1 aromatic heterocycles. The summed E-state index contributed by atoms with van der Waals surface area (Å²) in [5.41, 5.74) is 0.847. The number of aryl methyl sites for hydroxylation is 2. The van der Waals surface area contributed by atoms with Gasteiger partial charge in [-0.3, -0.25) is 4.68 Å². The van der Waals surface area contributed by atoms with Gasteiger partial charge in [-0.15, -0.1) is 0 Å². The van der Waals surface area contributed by atoms with E-state index >= 15 is 0 Å². The topological polar surface area (TPSA) is 47.3 Å². The van der Waals surface area contributed by atoms with Gasteiger partial charge in [0.2, 0.25) is 0 Å². The van der Waals surface area contributed by atoms with Crippen LogP contribution in [0.2, 0.25) is 0 Å². The van der Waals surface area contributed by atoms with Crippen LogP contribution in [0, 0.1) is 5.92 Å². The standard InChI is InChI=1S/C16H28N2O2/c1-4-20-16(10-7-13(2)8-11-16)15(19)6-5-14-9-12-17-18(14)3/h9,12-13,15,19H,4-8,10-11H2,1-3H3. The highest BCUT2D eigenvalue weighted by molar-refractivity contribution is 5.02. The fourth-order valence-electron chi connectivity index (χ4n) is 3.31. The van der Waals surface area contributed by atoms with E-state index in [1.54, 1.807) is 0 Å². The lowest BCUT2D eigenvalue weighted by Crippen LogP contribution is -2.47. The van der Waals surface area contributed by atoms with Crippen molar-refractivity contribution >= 4 is 0 Å². The third-order valence-corrected chi connectivity index (χ3v) is 4.76. The lowest BCUT2D eigenvalue weighted by molar-refractivity contribution is -0.145. The molecule has 0 saturated heterocycles. The Morgan fingerprint density at radius 1 is 1.50 bits per heavy atom. The zero-order valence-corrected chi connectivity index (χ0v) is 13.0. The average Bonchev–Trinajstić information content (AvgIpc) is 2.84. The number of aliphatic hydroxyl groups excluding tert-OH is 1. The van der Waals surface area contributed by atoms with Gasteiger partial charge < -0.3 is 9.84 Å². The van der Waals surface area contributed by atoms with Gasteiger partial charge in [0.15, 0.2) is 0 Å². The molecule has 0 spiro atoms. The quantitative estimate of drug-likeness (QED) is 0.871. The highest BCUT2D eigenvalue weighted by atomic mass is 16.5. The van der Waals surface area contributed by atoms with Crippen molar-refractivity contribution < 1.29 is 9.84 Å². The van der Waals surface area contributed by atoms with E-state index in [2.05, 4.69) is 12.0 Å². The normalized spacial score (nSPS) is 28.5. The Hall–Kier alpha value is -0.870. The lowest BCUT2D eigenvalue weighted by atomic mass is 9.75. The molecule has 1 unspecified atom stereocenters. The van der Waals surface area contributed by atoms with E-state index in [0.717, 1.165) is 44.4 Å². The SMILES string of the molecule is CCOC1(C(O)CCc2ccnn2C)CCC(C)CC1. The molecule has 0 aromatic carbocycles. The number of hydrogen-bond acceptors (Lipinski definition) is 3. The fraction of sp³-hybridized carbons (Fsp3) is 0.812. The maximum absolute atomic E-state index is 10.7. The van der Waals surface area contributed by atoms with Crippen LogP contribution in [0.3, 0.4) is 0 Å². The van der Waals surface area contributed by atoms with Gasteiger partial charge in [-0.2, -0.15) is 5.10 Å². The van der Waals surface area contributed by atoms with Crippen LogP contribution in [-0.2, 0) is 18.2 Å². The summed E-state index contributed by atoms with van der Waals surface area (Å²) in [6, 6.07) is 2.02. The van der Waals surface area contributed by atoms with Crippen molar-refractivity contribution in [1.82, 2.24) is 9.78 Å². The Bertz CT molecular complexity index is 408. The predicted molar refractivity (Wildman–Crippen MR) is 79.5 cm³/mol. The molecule has 1 N–H and O–H groups in total. The largest absolute Gasteiger partial charge is 0.390 e. The van der Waals surface area contributed by atoms with E-state index in [4.69, 9.17) is 4.74 Å². The van der Waals surface area contributed by atoms with Crippen LogP contribution in [0.15, 0.2) is 12.3 Å². The van der Waals surface area contributed by atoms with Crippen LogP contribution in [0.4, 0.5) is 0 Å². The van der Waals surface area contributed by atoms with E-state index in [1.807, 2.05) is 30.9 Å². The number of aromatic nitrogens is 2. The van der Waals surface area contributed by atoms with Crippen LogP contribution >= 0.6 is 0 Å². The second kappa shape index (κ2) is 6.72. The molecule has 1 aromatic rings. The summed E-state index contributed by atoms with van der Waals surface area (Å²) in [4.78, 5) is 0. The van der Waals surface area contributed by atoms with Gasteiger partial charge in [-0.05, 0) is 57.4 Å². The number of hydrogen-bond donors (Lipinski definition) is 1.